The topological polar surface area (TPSA) is 73.6 Å². The van der Waals surface area contributed by atoms with Gasteiger partial charge in [-0.3, -0.25) is 4.79 Å². The van der Waals surface area contributed by atoms with Gasteiger partial charge in [0.15, 0.2) is 5.76 Å². The summed E-state index contributed by atoms with van der Waals surface area (Å²) in [7, 11) is 0. The van der Waals surface area contributed by atoms with Crippen LogP contribution in [0, 0.1) is 0 Å². The first-order valence-electron chi connectivity index (χ1n) is 11.2. The number of carbonyl (C=O) groups is 1. The maximum Gasteiger partial charge on any atom is 0.405 e. The Bertz CT molecular complexity index is 1330. The number of rotatable bonds is 10. The van der Waals surface area contributed by atoms with Crippen LogP contribution in [0.5, 0.6) is 11.5 Å². The van der Waals surface area contributed by atoms with E-state index in [2.05, 4.69) is 5.16 Å². The molecule has 4 rings (SSSR count). The minimum absolute atomic E-state index is 0.157. The summed E-state index contributed by atoms with van der Waals surface area (Å²) >= 11 is 6.50. The van der Waals surface area contributed by atoms with E-state index in [1.807, 2.05) is 60.7 Å². The van der Waals surface area contributed by atoms with E-state index in [4.69, 9.17) is 25.6 Å². The summed E-state index contributed by atoms with van der Waals surface area (Å²) in [6.45, 7) is -0.889. The van der Waals surface area contributed by atoms with Crippen molar-refractivity contribution in [3.63, 3.8) is 0 Å². The van der Waals surface area contributed by atoms with E-state index in [-0.39, 0.29) is 31.1 Å². The van der Waals surface area contributed by atoms with Crippen LogP contribution in [-0.4, -0.2) is 23.8 Å². The maximum absolute atomic E-state index is 12.4. The molecule has 192 valence electrons. The fourth-order valence-electron chi connectivity index (χ4n) is 3.38. The smallest absolute Gasteiger partial charge is 0.405 e. The molecule has 0 fully saturated rings. The largest absolute Gasteiger partial charge is 0.488 e. The molecule has 1 heterocycles. The van der Waals surface area contributed by atoms with Gasteiger partial charge >= 0.3 is 6.18 Å². The molecule has 0 radical (unpaired) electrons. The number of amides is 1. The average molecular weight is 531 g/mol. The van der Waals surface area contributed by atoms with Crippen molar-refractivity contribution < 1.29 is 32.0 Å². The standard InChI is InChI=1S/C27H22ClF3N2O4/c28-22-13-21(24-11-20(33-37-24)12-26(34)32-17-27(29,30)31)23(35-15-18-7-3-1-4-8-18)14-25(22)36-16-19-9-5-2-6-10-19/h1-11,13-14H,12,15-17H2,(H,32,34). The summed E-state index contributed by atoms with van der Waals surface area (Å²) < 4.78 is 54.4. The van der Waals surface area contributed by atoms with Crippen LogP contribution in [0.15, 0.2) is 83.4 Å². The third-order valence-corrected chi connectivity index (χ3v) is 5.46. The SMILES string of the molecule is O=C(Cc1cc(-c2cc(Cl)c(OCc3ccccc3)cc2OCc2ccccc2)on1)NCC(F)(F)F. The Balaban J connectivity index is 1.55. The van der Waals surface area contributed by atoms with Gasteiger partial charge in [-0.15, -0.1) is 0 Å². The number of alkyl halides is 3. The Morgan fingerprint density at radius 2 is 1.49 bits per heavy atom. The van der Waals surface area contributed by atoms with E-state index >= 15 is 0 Å². The minimum atomic E-state index is -4.50. The molecule has 0 atom stereocenters. The molecule has 0 saturated carbocycles. The van der Waals surface area contributed by atoms with Crippen molar-refractivity contribution in [2.75, 3.05) is 6.54 Å². The minimum Gasteiger partial charge on any atom is -0.488 e. The highest BCUT2D eigenvalue weighted by Gasteiger charge is 2.28. The lowest BCUT2D eigenvalue weighted by molar-refractivity contribution is -0.138. The predicted molar refractivity (Wildman–Crippen MR) is 131 cm³/mol. The first-order valence-corrected chi connectivity index (χ1v) is 11.6. The van der Waals surface area contributed by atoms with Gasteiger partial charge in [0, 0.05) is 12.1 Å². The molecule has 0 aliphatic rings. The van der Waals surface area contributed by atoms with E-state index < -0.39 is 18.6 Å². The number of ether oxygens (including phenoxy) is 2. The zero-order chi connectivity index (χ0) is 26.3. The van der Waals surface area contributed by atoms with Gasteiger partial charge in [0.2, 0.25) is 5.91 Å². The predicted octanol–water partition coefficient (Wildman–Crippen LogP) is 6.37. The Morgan fingerprint density at radius 1 is 0.892 bits per heavy atom. The molecule has 6 nitrogen and oxygen atoms in total. The van der Waals surface area contributed by atoms with Gasteiger partial charge < -0.3 is 19.3 Å². The molecule has 10 heteroatoms. The maximum atomic E-state index is 12.4. The average Bonchev–Trinajstić information content (AvgIpc) is 3.35. The van der Waals surface area contributed by atoms with Gasteiger partial charge in [0.1, 0.15) is 31.3 Å². The fraction of sp³-hybridized carbons (Fsp3) is 0.185. The van der Waals surface area contributed by atoms with Crippen molar-refractivity contribution in [3.05, 3.63) is 101 Å². The van der Waals surface area contributed by atoms with Crippen LogP contribution < -0.4 is 14.8 Å². The summed E-state index contributed by atoms with van der Waals surface area (Å²) in [5.74, 6) is 0.183. The van der Waals surface area contributed by atoms with Crippen LogP contribution in [-0.2, 0) is 24.4 Å². The third-order valence-electron chi connectivity index (χ3n) is 5.16. The van der Waals surface area contributed by atoms with Crippen LogP contribution in [0.25, 0.3) is 11.3 Å². The molecular weight excluding hydrogens is 509 g/mol. The van der Waals surface area contributed by atoms with Crippen molar-refractivity contribution >= 4 is 17.5 Å². The third kappa shape index (κ3) is 7.75. The van der Waals surface area contributed by atoms with Crippen molar-refractivity contribution in [1.82, 2.24) is 10.5 Å². The van der Waals surface area contributed by atoms with Crippen molar-refractivity contribution in [1.29, 1.82) is 0 Å². The van der Waals surface area contributed by atoms with E-state index in [9.17, 15) is 18.0 Å². The lowest BCUT2D eigenvalue weighted by atomic mass is 10.1. The second-order valence-electron chi connectivity index (χ2n) is 8.08. The van der Waals surface area contributed by atoms with Crippen LogP contribution in [0.1, 0.15) is 16.8 Å². The Labute approximate surface area is 215 Å². The number of halogens is 4. The molecule has 37 heavy (non-hydrogen) atoms. The number of hydrogen-bond donors (Lipinski definition) is 1. The fourth-order valence-corrected chi connectivity index (χ4v) is 3.59. The van der Waals surface area contributed by atoms with Gasteiger partial charge in [-0.2, -0.15) is 13.2 Å². The molecular formula is C27H22ClF3N2O4. The van der Waals surface area contributed by atoms with Gasteiger partial charge in [-0.1, -0.05) is 77.4 Å². The first-order chi connectivity index (χ1) is 17.8. The van der Waals surface area contributed by atoms with E-state index in [0.717, 1.165) is 11.1 Å². The second-order valence-corrected chi connectivity index (χ2v) is 8.49. The summed E-state index contributed by atoms with van der Waals surface area (Å²) in [6, 6.07) is 23.8. The monoisotopic (exact) mass is 530 g/mol. The normalized spacial score (nSPS) is 11.2. The van der Waals surface area contributed by atoms with Gasteiger partial charge in [-0.05, 0) is 17.2 Å². The molecule has 1 N–H and O–H groups in total. The number of aromatic nitrogens is 1. The first kappa shape index (κ1) is 26.1. The molecule has 0 aliphatic heterocycles. The number of benzene rings is 3. The molecule has 0 aliphatic carbocycles. The van der Waals surface area contributed by atoms with Gasteiger partial charge in [-0.25, -0.2) is 0 Å². The van der Waals surface area contributed by atoms with E-state index in [1.54, 1.807) is 17.4 Å². The number of hydrogen-bond acceptors (Lipinski definition) is 5. The van der Waals surface area contributed by atoms with Crippen LogP contribution in [0.2, 0.25) is 5.02 Å². The van der Waals surface area contributed by atoms with Crippen molar-refractivity contribution in [3.8, 4) is 22.8 Å². The highest BCUT2D eigenvalue weighted by atomic mass is 35.5. The summed E-state index contributed by atoms with van der Waals surface area (Å²) in [4.78, 5) is 11.9. The summed E-state index contributed by atoms with van der Waals surface area (Å²) in [5, 5.41) is 5.91. The molecule has 0 spiro atoms. The Kier molecular flexibility index (Phi) is 8.35. The van der Waals surface area contributed by atoms with Crippen molar-refractivity contribution in [2.45, 2.75) is 25.8 Å². The van der Waals surface area contributed by atoms with Gasteiger partial charge in [0.05, 0.1) is 22.7 Å². The highest BCUT2D eigenvalue weighted by molar-refractivity contribution is 6.32. The van der Waals surface area contributed by atoms with E-state index in [0.29, 0.717) is 22.1 Å². The molecule has 0 bridgehead atoms. The van der Waals surface area contributed by atoms with Crippen LogP contribution in [0.4, 0.5) is 13.2 Å². The Morgan fingerprint density at radius 3 is 2.08 bits per heavy atom. The summed E-state index contributed by atoms with van der Waals surface area (Å²) in [6.07, 6.45) is -4.89. The second kappa shape index (κ2) is 11.8. The zero-order valence-corrected chi connectivity index (χ0v) is 20.2. The molecule has 3 aromatic carbocycles. The van der Waals surface area contributed by atoms with Crippen LogP contribution in [0.3, 0.4) is 0 Å². The molecule has 1 amide bonds. The van der Waals surface area contributed by atoms with Crippen LogP contribution >= 0.6 is 11.6 Å². The summed E-state index contributed by atoms with van der Waals surface area (Å²) in [5.41, 5.74) is 2.49. The number of nitrogens with one attached hydrogen (secondary N) is 1. The lowest BCUT2D eigenvalue weighted by Crippen LogP contribution is -2.34. The molecule has 0 saturated heterocycles. The van der Waals surface area contributed by atoms with Gasteiger partial charge in [0.25, 0.3) is 0 Å². The lowest BCUT2D eigenvalue weighted by Gasteiger charge is -2.14. The number of nitrogens with zero attached hydrogens (tertiary/aromatic N) is 1. The quantitative estimate of drug-likeness (QED) is 0.258. The molecule has 1 aromatic heterocycles. The molecule has 4 aromatic rings. The zero-order valence-electron chi connectivity index (χ0n) is 19.4. The van der Waals surface area contributed by atoms with Crippen molar-refractivity contribution in [2.24, 2.45) is 0 Å². The Hall–Kier alpha value is -3.98. The molecule has 0 unspecified atom stereocenters. The highest BCUT2D eigenvalue weighted by Crippen LogP contribution is 2.39. The van der Waals surface area contributed by atoms with E-state index in [1.165, 1.54) is 6.07 Å². The number of carbonyl (C=O) groups excluding carboxylic acids is 1.